The summed E-state index contributed by atoms with van der Waals surface area (Å²) >= 11 is 0. The summed E-state index contributed by atoms with van der Waals surface area (Å²) < 4.78 is 38.8. The van der Waals surface area contributed by atoms with Gasteiger partial charge in [0.1, 0.15) is 11.3 Å². The van der Waals surface area contributed by atoms with Crippen LogP contribution < -0.4 is 11.1 Å². The average molecular weight is 334 g/mol. The molecule has 0 unspecified atom stereocenters. The minimum absolute atomic E-state index is 0.287. The Kier molecular flexibility index (Phi) is 3.12. The first-order valence-electron chi connectivity index (χ1n) is 7.35. The molecule has 0 saturated heterocycles. The maximum atomic E-state index is 12.9. The number of fused-ring (bicyclic) bond motifs is 1. The van der Waals surface area contributed by atoms with Crippen molar-refractivity contribution >= 4 is 22.7 Å². The number of hydrogen-bond donors (Lipinski definition) is 3. The minimum atomic E-state index is -4.47. The van der Waals surface area contributed by atoms with Gasteiger partial charge in [-0.2, -0.15) is 13.2 Å². The topological polar surface area (TPSA) is 92.5 Å². The summed E-state index contributed by atoms with van der Waals surface area (Å²) in [5.74, 6) is 0.413. The van der Waals surface area contributed by atoms with E-state index in [1.165, 1.54) is 6.20 Å². The van der Waals surface area contributed by atoms with Crippen LogP contribution in [0.2, 0.25) is 0 Å². The van der Waals surface area contributed by atoms with E-state index in [9.17, 15) is 13.2 Å². The molecule has 1 saturated carbocycles. The van der Waals surface area contributed by atoms with Gasteiger partial charge in [-0.3, -0.25) is 0 Å². The van der Waals surface area contributed by atoms with Gasteiger partial charge in [-0.15, -0.1) is 0 Å². The van der Waals surface area contributed by atoms with E-state index in [-0.39, 0.29) is 5.69 Å². The number of nitrogens with zero attached hydrogens (tertiary/aromatic N) is 3. The van der Waals surface area contributed by atoms with E-state index in [1.54, 1.807) is 6.20 Å². The van der Waals surface area contributed by atoms with E-state index in [0.29, 0.717) is 34.3 Å². The Morgan fingerprint density at radius 1 is 1.21 bits per heavy atom. The Bertz CT molecular complexity index is 913. The van der Waals surface area contributed by atoms with Crippen molar-refractivity contribution in [2.24, 2.45) is 0 Å². The van der Waals surface area contributed by atoms with Gasteiger partial charge in [0.2, 0.25) is 5.95 Å². The molecule has 4 rings (SSSR count). The summed E-state index contributed by atoms with van der Waals surface area (Å²) in [5, 5.41) is 3.46. The number of aromatic amines is 1. The van der Waals surface area contributed by atoms with Crippen LogP contribution in [0.3, 0.4) is 0 Å². The second kappa shape index (κ2) is 5.08. The van der Waals surface area contributed by atoms with Gasteiger partial charge in [0.15, 0.2) is 0 Å². The van der Waals surface area contributed by atoms with Gasteiger partial charge >= 0.3 is 6.18 Å². The van der Waals surface area contributed by atoms with Crippen LogP contribution in [0, 0.1) is 0 Å². The van der Waals surface area contributed by atoms with Gasteiger partial charge in [0, 0.05) is 29.4 Å². The predicted molar refractivity (Wildman–Crippen MR) is 83.2 cm³/mol. The third kappa shape index (κ3) is 2.61. The molecule has 0 spiro atoms. The van der Waals surface area contributed by atoms with Crippen molar-refractivity contribution in [3.63, 3.8) is 0 Å². The molecule has 3 aromatic rings. The van der Waals surface area contributed by atoms with Gasteiger partial charge in [-0.25, -0.2) is 15.0 Å². The molecule has 1 fully saturated rings. The van der Waals surface area contributed by atoms with Gasteiger partial charge in [0.25, 0.3) is 0 Å². The Hall–Kier alpha value is -2.84. The number of pyridine rings is 1. The molecule has 3 heterocycles. The molecule has 1 aliphatic carbocycles. The third-order valence-corrected chi connectivity index (χ3v) is 3.84. The first kappa shape index (κ1) is 14.7. The van der Waals surface area contributed by atoms with Gasteiger partial charge in [-0.05, 0) is 18.9 Å². The second-order valence-corrected chi connectivity index (χ2v) is 5.74. The van der Waals surface area contributed by atoms with Crippen LogP contribution in [0.5, 0.6) is 0 Å². The van der Waals surface area contributed by atoms with Crippen LogP contribution in [-0.2, 0) is 6.18 Å². The SMILES string of the molecule is Nc1cnc(NC2CC2)nc1-c1c[nH]c2ncc(C(F)(F)F)cc12. The largest absolute Gasteiger partial charge is 0.417 e. The van der Waals surface area contributed by atoms with E-state index in [0.717, 1.165) is 25.1 Å². The van der Waals surface area contributed by atoms with Crippen molar-refractivity contribution < 1.29 is 13.2 Å². The van der Waals surface area contributed by atoms with Gasteiger partial charge in [0.05, 0.1) is 17.4 Å². The molecule has 3 aromatic heterocycles. The van der Waals surface area contributed by atoms with E-state index >= 15 is 0 Å². The highest BCUT2D eigenvalue weighted by atomic mass is 19.4. The molecule has 4 N–H and O–H groups in total. The van der Waals surface area contributed by atoms with E-state index < -0.39 is 11.7 Å². The molecule has 0 radical (unpaired) electrons. The number of nitrogens with one attached hydrogen (secondary N) is 2. The molecule has 124 valence electrons. The van der Waals surface area contributed by atoms with Crippen LogP contribution >= 0.6 is 0 Å². The van der Waals surface area contributed by atoms with Crippen LogP contribution in [0.1, 0.15) is 18.4 Å². The maximum absolute atomic E-state index is 12.9. The van der Waals surface area contributed by atoms with Crippen molar-refractivity contribution in [3.05, 3.63) is 30.2 Å². The van der Waals surface area contributed by atoms with E-state index in [2.05, 4.69) is 25.3 Å². The van der Waals surface area contributed by atoms with Crippen LogP contribution in [0.15, 0.2) is 24.7 Å². The predicted octanol–water partition coefficient (Wildman–Crippen LogP) is 3.20. The smallest absolute Gasteiger partial charge is 0.396 e. The van der Waals surface area contributed by atoms with Crippen molar-refractivity contribution in [2.75, 3.05) is 11.1 Å². The first-order chi connectivity index (χ1) is 11.4. The Morgan fingerprint density at radius 3 is 2.71 bits per heavy atom. The van der Waals surface area contributed by atoms with Crippen molar-refractivity contribution in [1.82, 2.24) is 19.9 Å². The van der Waals surface area contributed by atoms with Crippen LogP contribution in [0.4, 0.5) is 24.8 Å². The second-order valence-electron chi connectivity index (χ2n) is 5.74. The monoisotopic (exact) mass is 334 g/mol. The van der Waals surface area contributed by atoms with Crippen molar-refractivity contribution in [2.45, 2.75) is 25.1 Å². The van der Waals surface area contributed by atoms with Crippen molar-refractivity contribution in [1.29, 1.82) is 0 Å². The summed E-state index contributed by atoms with van der Waals surface area (Å²) in [7, 11) is 0. The van der Waals surface area contributed by atoms with E-state index in [4.69, 9.17) is 5.73 Å². The number of rotatable bonds is 3. The first-order valence-corrected chi connectivity index (χ1v) is 7.35. The Morgan fingerprint density at radius 2 is 2.00 bits per heavy atom. The summed E-state index contributed by atoms with van der Waals surface area (Å²) in [5.41, 5.74) is 6.58. The lowest BCUT2D eigenvalue weighted by atomic mass is 10.1. The highest BCUT2D eigenvalue weighted by Gasteiger charge is 2.31. The minimum Gasteiger partial charge on any atom is -0.396 e. The fourth-order valence-corrected chi connectivity index (χ4v) is 2.44. The van der Waals surface area contributed by atoms with Gasteiger partial charge in [-0.1, -0.05) is 0 Å². The lowest BCUT2D eigenvalue weighted by Crippen LogP contribution is -2.07. The zero-order valence-electron chi connectivity index (χ0n) is 12.4. The molecular weight excluding hydrogens is 321 g/mol. The lowest BCUT2D eigenvalue weighted by Gasteiger charge is -2.09. The average Bonchev–Trinajstić information content (AvgIpc) is 3.24. The highest BCUT2D eigenvalue weighted by molar-refractivity contribution is 5.95. The van der Waals surface area contributed by atoms with Crippen LogP contribution in [0.25, 0.3) is 22.3 Å². The zero-order valence-corrected chi connectivity index (χ0v) is 12.4. The molecule has 0 amide bonds. The quantitative estimate of drug-likeness (QED) is 0.684. The number of H-pyrrole nitrogens is 1. The normalized spacial score (nSPS) is 15.0. The maximum Gasteiger partial charge on any atom is 0.417 e. The molecule has 0 bridgehead atoms. The highest BCUT2D eigenvalue weighted by Crippen LogP contribution is 2.35. The fourth-order valence-electron chi connectivity index (χ4n) is 2.44. The number of anilines is 2. The summed E-state index contributed by atoms with van der Waals surface area (Å²) in [6.07, 6.45) is 1.44. The number of hydrogen-bond acceptors (Lipinski definition) is 5. The molecule has 0 aromatic carbocycles. The molecule has 1 aliphatic rings. The summed E-state index contributed by atoms with van der Waals surface area (Å²) in [6.45, 7) is 0. The Balaban J connectivity index is 1.83. The molecule has 6 nitrogen and oxygen atoms in total. The number of nitrogen functional groups attached to an aromatic ring is 1. The lowest BCUT2D eigenvalue weighted by molar-refractivity contribution is -0.137. The molecule has 24 heavy (non-hydrogen) atoms. The fraction of sp³-hybridized carbons (Fsp3) is 0.267. The molecule has 9 heteroatoms. The van der Waals surface area contributed by atoms with Gasteiger partial charge < -0.3 is 16.0 Å². The number of halogens is 3. The van der Waals surface area contributed by atoms with E-state index in [1.807, 2.05) is 0 Å². The summed E-state index contributed by atoms with van der Waals surface area (Å²) in [4.78, 5) is 15.2. The number of aromatic nitrogens is 4. The zero-order chi connectivity index (χ0) is 16.9. The standard InChI is InChI=1S/C15H13F3N6/c16-15(17,18)7-3-9-10(5-21-13(9)20-4-7)12-11(19)6-22-14(24-12)23-8-1-2-8/h3-6,8H,1-2,19H2,(H,20,21)(H,22,23,24). The van der Waals surface area contributed by atoms with Crippen LogP contribution in [-0.4, -0.2) is 26.0 Å². The molecule has 0 atom stereocenters. The molecule has 0 aliphatic heterocycles. The number of alkyl halides is 3. The van der Waals surface area contributed by atoms with Crippen molar-refractivity contribution in [3.8, 4) is 11.3 Å². The Labute approximate surface area is 134 Å². The number of nitrogens with two attached hydrogens (primary N) is 1. The third-order valence-electron chi connectivity index (χ3n) is 3.84. The summed E-state index contributed by atoms with van der Waals surface area (Å²) in [6, 6.07) is 1.40. The molecular formula is C15H13F3N6.